The Bertz CT molecular complexity index is 1110. The summed E-state index contributed by atoms with van der Waals surface area (Å²) in [6.45, 7) is 1.24. The van der Waals surface area contributed by atoms with Crippen LogP contribution in [0.2, 0.25) is 0 Å². The molecular formula is C18H10F7N3O. The van der Waals surface area contributed by atoms with E-state index in [9.17, 15) is 35.5 Å². The Hall–Kier alpha value is -3.37. The molecule has 1 amide bonds. The molecule has 3 aromatic rings. The summed E-state index contributed by atoms with van der Waals surface area (Å²) in [7, 11) is 0. The molecule has 1 N–H and O–H groups in total. The van der Waals surface area contributed by atoms with E-state index in [1.165, 1.54) is 6.92 Å². The van der Waals surface area contributed by atoms with Crippen molar-refractivity contribution in [3.8, 4) is 5.69 Å². The van der Waals surface area contributed by atoms with E-state index in [1.54, 1.807) is 0 Å². The van der Waals surface area contributed by atoms with Gasteiger partial charge in [0, 0.05) is 11.9 Å². The highest BCUT2D eigenvalue weighted by molar-refractivity contribution is 6.04. The van der Waals surface area contributed by atoms with Crippen molar-refractivity contribution in [2.24, 2.45) is 0 Å². The quantitative estimate of drug-likeness (QED) is 0.481. The zero-order valence-corrected chi connectivity index (χ0v) is 14.4. The Balaban J connectivity index is 1.91. The molecule has 1 heterocycles. The highest BCUT2D eigenvalue weighted by Gasteiger charge is 2.34. The lowest BCUT2D eigenvalue weighted by Gasteiger charge is -2.11. The van der Waals surface area contributed by atoms with Crippen molar-refractivity contribution < 1.29 is 35.5 Å². The monoisotopic (exact) mass is 417 g/mol. The number of hydrogen-bond acceptors (Lipinski definition) is 2. The number of benzene rings is 2. The molecule has 0 radical (unpaired) electrons. The van der Waals surface area contributed by atoms with E-state index in [4.69, 9.17) is 0 Å². The number of halogens is 7. The molecule has 4 nitrogen and oxygen atoms in total. The Morgan fingerprint density at radius 2 is 1.66 bits per heavy atom. The van der Waals surface area contributed by atoms with Crippen LogP contribution < -0.4 is 5.32 Å². The Morgan fingerprint density at radius 1 is 1.00 bits per heavy atom. The first-order valence-corrected chi connectivity index (χ1v) is 7.87. The fraction of sp³-hybridized carbons (Fsp3) is 0.111. The lowest BCUT2D eigenvalue weighted by molar-refractivity contribution is -0.141. The Labute approximate surface area is 158 Å². The van der Waals surface area contributed by atoms with Gasteiger partial charge in [-0.15, -0.1) is 0 Å². The van der Waals surface area contributed by atoms with Crippen LogP contribution in [0, 0.1) is 30.2 Å². The van der Waals surface area contributed by atoms with Gasteiger partial charge in [0.05, 0.1) is 5.69 Å². The maximum atomic E-state index is 14.4. The molecular weight excluding hydrogens is 407 g/mol. The van der Waals surface area contributed by atoms with Gasteiger partial charge in [-0.3, -0.25) is 4.79 Å². The number of carbonyl (C=O) groups excluding carboxylic acids is 1. The van der Waals surface area contributed by atoms with Crippen molar-refractivity contribution in [1.82, 2.24) is 9.55 Å². The number of alkyl halides is 3. The van der Waals surface area contributed by atoms with Crippen LogP contribution in [0.4, 0.5) is 36.4 Å². The highest BCUT2D eigenvalue weighted by Crippen LogP contribution is 2.30. The number of rotatable bonds is 3. The van der Waals surface area contributed by atoms with Crippen molar-refractivity contribution in [2.75, 3.05) is 5.32 Å². The van der Waals surface area contributed by atoms with E-state index in [-0.39, 0.29) is 17.2 Å². The normalized spacial score (nSPS) is 11.6. The summed E-state index contributed by atoms with van der Waals surface area (Å²) in [6.07, 6.45) is -4.12. The van der Waals surface area contributed by atoms with Crippen LogP contribution in [0.1, 0.15) is 21.9 Å². The van der Waals surface area contributed by atoms with E-state index in [1.807, 2.05) is 5.32 Å². The van der Waals surface area contributed by atoms with Crippen LogP contribution in [0.25, 0.3) is 5.69 Å². The molecule has 0 saturated carbocycles. The van der Waals surface area contributed by atoms with Crippen LogP contribution in [0.5, 0.6) is 0 Å². The van der Waals surface area contributed by atoms with Gasteiger partial charge in [-0.1, -0.05) is 0 Å². The van der Waals surface area contributed by atoms with Gasteiger partial charge >= 0.3 is 6.18 Å². The maximum absolute atomic E-state index is 14.4. The zero-order chi connectivity index (χ0) is 21.5. The van der Waals surface area contributed by atoms with Crippen molar-refractivity contribution in [1.29, 1.82) is 0 Å². The largest absolute Gasteiger partial charge is 0.434 e. The van der Waals surface area contributed by atoms with Crippen LogP contribution in [0.3, 0.4) is 0 Å². The van der Waals surface area contributed by atoms with Crippen LogP contribution in [0.15, 0.2) is 36.5 Å². The molecule has 0 unspecified atom stereocenters. The standard InChI is InChI=1S/C18H10F7N3O/c1-8-26-14(18(23,24)25)7-28(8)13-5-2-9(6-12(13)21)27-17(29)15-10(19)3-4-11(20)16(15)22/h2-7H,1H3,(H,27,29). The number of aryl methyl sites for hydroxylation is 1. The molecule has 1 aromatic heterocycles. The van der Waals surface area contributed by atoms with Gasteiger partial charge in [0.2, 0.25) is 0 Å². The molecule has 152 valence electrons. The number of imidazole rings is 1. The van der Waals surface area contributed by atoms with Crippen molar-refractivity contribution in [3.63, 3.8) is 0 Å². The summed E-state index contributed by atoms with van der Waals surface area (Å²) < 4.78 is 94.1. The number of nitrogens with one attached hydrogen (secondary N) is 1. The maximum Gasteiger partial charge on any atom is 0.434 e. The second-order valence-electron chi connectivity index (χ2n) is 5.88. The molecule has 0 bridgehead atoms. The number of anilines is 1. The first-order chi connectivity index (χ1) is 13.5. The van der Waals surface area contributed by atoms with E-state index in [0.717, 1.165) is 22.8 Å². The number of hydrogen-bond donors (Lipinski definition) is 1. The van der Waals surface area contributed by atoms with Gasteiger partial charge in [0.1, 0.15) is 23.0 Å². The molecule has 0 atom stereocenters. The SMILES string of the molecule is Cc1nc(C(F)(F)F)cn1-c1ccc(NC(=O)c2c(F)ccc(F)c2F)cc1F. The Kier molecular flexibility index (Phi) is 5.07. The fourth-order valence-corrected chi connectivity index (χ4v) is 2.56. The second kappa shape index (κ2) is 7.22. The van der Waals surface area contributed by atoms with E-state index in [0.29, 0.717) is 18.3 Å². The van der Waals surface area contributed by atoms with Gasteiger partial charge in [0.15, 0.2) is 17.3 Å². The molecule has 0 aliphatic carbocycles. The zero-order valence-electron chi connectivity index (χ0n) is 14.4. The van der Waals surface area contributed by atoms with Crippen molar-refractivity contribution >= 4 is 11.6 Å². The number of carbonyl (C=O) groups is 1. The first-order valence-electron chi connectivity index (χ1n) is 7.87. The van der Waals surface area contributed by atoms with Crippen LogP contribution in [-0.2, 0) is 6.18 Å². The third-order valence-corrected chi connectivity index (χ3v) is 3.91. The molecule has 3 rings (SSSR count). The molecule has 29 heavy (non-hydrogen) atoms. The van der Waals surface area contributed by atoms with E-state index in [2.05, 4.69) is 4.98 Å². The average Bonchev–Trinajstić information content (AvgIpc) is 3.01. The summed E-state index contributed by atoms with van der Waals surface area (Å²) in [5.74, 6) is -7.05. The molecule has 0 spiro atoms. The summed E-state index contributed by atoms with van der Waals surface area (Å²) >= 11 is 0. The fourth-order valence-electron chi connectivity index (χ4n) is 2.56. The highest BCUT2D eigenvalue weighted by atomic mass is 19.4. The second-order valence-corrected chi connectivity index (χ2v) is 5.88. The Morgan fingerprint density at radius 3 is 2.24 bits per heavy atom. The van der Waals surface area contributed by atoms with Gasteiger partial charge in [0.25, 0.3) is 5.91 Å². The summed E-state index contributed by atoms with van der Waals surface area (Å²) in [5.41, 5.74) is -2.97. The molecule has 0 aliphatic heterocycles. The summed E-state index contributed by atoms with van der Waals surface area (Å²) in [4.78, 5) is 15.3. The number of amides is 1. The summed E-state index contributed by atoms with van der Waals surface area (Å²) in [6, 6.07) is 3.92. The minimum atomic E-state index is -4.72. The predicted molar refractivity (Wildman–Crippen MR) is 87.5 cm³/mol. The van der Waals surface area contributed by atoms with Crippen LogP contribution in [-0.4, -0.2) is 15.5 Å². The minimum Gasteiger partial charge on any atom is -0.322 e. The number of nitrogens with zero attached hydrogens (tertiary/aromatic N) is 2. The van der Waals surface area contributed by atoms with Crippen molar-refractivity contribution in [2.45, 2.75) is 13.1 Å². The van der Waals surface area contributed by atoms with Gasteiger partial charge in [-0.2, -0.15) is 13.2 Å². The van der Waals surface area contributed by atoms with Gasteiger partial charge < -0.3 is 9.88 Å². The third-order valence-electron chi connectivity index (χ3n) is 3.91. The lowest BCUT2D eigenvalue weighted by Crippen LogP contribution is -2.17. The first kappa shape index (κ1) is 20.4. The predicted octanol–water partition coefficient (Wildman–Crippen LogP) is 5.01. The lowest BCUT2D eigenvalue weighted by atomic mass is 10.1. The molecule has 11 heteroatoms. The molecule has 0 saturated heterocycles. The third kappa shape index (κ3) is 3.93. The van der Waals surface area contributed by atoms with Crippen molar-refractivity contribution in [3.05, 3.63) is 76.9 Å². The smallest absolute Gasteiger partial charge is 0.322 e. The molecule has 0 aliphatic rings. The van der Waals surface area contributed by atoms with Gasteiger partial charge in [-0.05, 0) is 37.3 Å². The van der Waals surface area contributed by atoms with Gasteiger partial charge in [-0.25, -0.2) is 22.5 Å². The average molecular weight is 417 g/mol. The van der Waals surface area contributed by atoms with E-state index >= 15 is 0 Å². The topological polar surface area (TPSA) is 46.9 Å². The van der Waals surface area contributed by atoms with E-state index < -0.39 is 46.6 Å². The van der Waals surface area contributed by atoms with Crippen LogP contribution >= 0.6 is 0 Å². The summed E-state index contributed by atoms with van der Waals surface area (Å²) in [5, 5.41) is 2.00. The minimum absolute atomic E-state index is 0.142. The number of aromatic nitrogens is 2. The molecule has 2 aromatic carbocycles. The molecule has 0 fully saturated rings.